The molecule has 1 aromatic rings. The smallest absolute Gasteiger partial charge is 0.416 e. The van der Waals surface area contributed by atoms with Gasteiger partial charge < -0.3 is 4.74 Å². The zero-order valence-electron chi connectivity index (χ0n) is 12.4. The van der Waals surface area contributed by atoms with Crippen molar-refractivity contribution in [2.45, 2.75) is 23.5 Å². The van der Waals surface area contributed by atoms with Crippen LogP contribution in [0.5, 0.6) is 0 Å². The number of alkyl halides is 3. The highest BCUT2D eigenvalue weighted by Crippen LogP contribution is 2.42. The second-order valence-corrected chi connectivity index (χ2v) is 7.44. The van der Waals surface area contributed by atoms with Crippen molar-refractivity contribution in [3.05, 3.63) is 35.4 Å². The molecular formula is C14H14F3NO5S. The molecule has 0 bridgehead atoms. The van der Waals surface area contributed by atoms with Gasteiger partial charge in [-0.25, -0.2) is 0 Å². The molecule has 1 N–H and O–H groups in total. The van der Waals surface area contributed by atoms with Gasteiger partial charge in [-0.2, -0.15) is 21.6 Å². The average molecular weight is 365 g/mol. The molecule has 1 aromatic carbocycles. The van der Waals surface area contributed by atoms with Crippen LogP contribution in [0.4, 0.5) is 13.2 Å². The van der Waals surface area contributed by atoms with Crippen LogP contribution in [0.15, 0.2) is 24.3 Å². The summed E-state index contributed by atoms with van der Waals surface area (Å²) in [6, 6.07) is 2.40. The number of rotatable bonds is 2. The molecule has 2 saturated heterocycles. The molecule has 0 spiro atoms. The van der Waals surface area contributed by atoms with Crippen LogP contribution in [0.1, 0.15) is 17.2 Å². The zero-order chi connectivity index (χ0) is 17.7. The molecule has 2 heterocycles. The molecule has 6 nitrogen and oxygen atoms in total. The number of ether oxygens (including phenoxy) is 1. The fourth-order valence-electron chi connectivity index (χ4n) is 3.21. The lowest BCUT2D eigenvalue weighted by atomic mass is 9.96. The Hall–Kier alpha value is -1.65. The maximum Gasteiger partial charge on any atom is 0.416 e. The summed E-state index contributed by atoms with van der Waals surface area (Å²) >= 11 is 0. The van der Waals surface area contributed by atoms with Crippen LogP contribution in [0.2, 0.25) is 0 Å². The monoisotopic (exact) mass is 365 g/mol. The molecule has 0 radical (unpaired) electrons. The van der Waals surface area contributed by atoms with Crippen LogP contribution < -0.4 is 5.32 Å². The van der Waals surface area contributed by atoms with E-state index in [0.717, 1.165) is 12.1 Å². The van der Waals surface area contributed by atoms with Crippen molar-refractivity contribution in [3.8, 4) is 0 Å². The number of carbonyl (C=O) groups excluding carboxylic acids is 1. The number of hydrogen-bond acceptors (Lipinski definition) is 6. The molecule has 10 heteroatoms. The van der Waals surface area contributed by atoms with Crippen molar-refractivity contribution >= 4 is 16.1 Å². The van der Waals surface area contributed by atoms with Crippen LogP contribution in [0, 0.1) is 5.92 Å². The fourth-order valence-corrected chi connectivity index (χ4v) is 4.94. The van der Waals surface area contributed by atoms with Crippen molar-refractivity contribution < 1.29 is 35.3 Å². The minimum atomic E-state index is -4.48. The van der Waals surface area contributed by atoms with E-state index in [-0.39, 0.29) is 6.61 Å². The number of benzene rings is 1. The number of methoxy groups -OCH3 is 1. The SMILES string of the molecule is COC(=O)[C@H]1N[C@@H](c2ccc(C(F)(F)F)cc2)[C@H]2[C@@H]1COS2(=O)=O. The molecule has 132 valence electrons. The molecule has 4 atom stereocenters. The highest BCUT2D eigenvalue weighted by molar-refractivity contribution is 7.87. The van der Waals surface area contributed by atoms with E-state index >= 15 is 0 Å². The minimum Gasteiger partial charge on any atom is -0.468 e. The van der Waals surface area contributed by atoms with Crippen molar-refractivity contribution in [2.75, 3.05) is 13.7 Å². The van der Waals surface area contributed by atoms with E-state index in [2.05, 4.69) is 10.1 Å². The molecule has 2 fully saturated rings. The first-order valence-electron chi connectivity index (χ1n) is 7.04. The molecule has 2 aliphatic rings. The molecule has 0 amide bonds. The lowest BCUT2D eigenvalue weighted by molar-refractivity contribution is -0.144. The van der Waals surface area contributed by atoms with Gasteiger partial charge in [0.1, 0.15) is 11.3 Å². The summed E-state index contributed by atoms with van der Waals surface area (Å²) in [5.41, 5.74) is -0.505. The third-order valence-corrected chi connectivity index (χ3v) is 6.10. The number of hydrogen-bond donors (Lipinski definition) is 1. The van der Waals surface area contributed by atoms with Crippen LogP contribution in [0.3, 0.4) is 0 Å². The Morgan fingerprint density at radius 3 is 2.46 bits per heavy atom. The summed E-state index contributed by atoms with van der Waals surface area (Å²) in [5, 5.41) is 1.80. The molecule has 0 aliphatic carbocycles. The summed E-state index contributed by atoms with van der Waals surface area (Å²) < 4.78 is 71.7. The van der Waals surface area contributed by atoms with Gasteiger partial charge in [-0.1, -0.05) is 12.1 Å². The van der Waals surface area contributed by atoms with Crippen LogP contribution >= 0.6 is 0 Å². The molecule has 0 saturated carbocycles. The Morgan fingerprint density at radius 2 is 1.92 bits per heavy atom. The first-order chi connectivity index (χ1) is 11.1. The van der Waals surface area contributed by atoms with Gasteiger partial charge in [0.25, 0.3) is 10.1 Å². The van der Waals surface area contributed by atoms with Gasteiger partial charge in [-0.05, 0) is 17.7 Å². The number of halogens is 3. The van der Waals surface area contributed by atoms with E-state index in [0.29, 0.717) is 5.56 Å². The topological polar surface area (TPSA) is 81.7 Å². The first-order valence-corrected chi connectivity index (χ1v) is 8.51. The van der Waals surface area contributed by atoms with Crippen LogP contribution in [0.25, 0.3) is 0 Å². The normalized spacial score (nSPS) is 31.7. The van der Waals surface area contributed by atoms with E-state index in [1.54, 1.807) is 0 Å². The maximum absolute atomic E-state index is 12.7. The van der Waals surface area contributed by atoms with Gasteiger partial charge in [0.2, 0.25) is 0 Å². The van der Waals surface area contributed by atoms with Gasteiger partial charge >= 0.3 is 12.1 Å². The predicted molar refractivity (Wildman–Crippen MR) is 75.3 cm³/mol. The van der Waals surface area contributed by atoms with E-state index in [1.807, 2.05) is 0 Å². The van der Waals surface area contributed by atoms with Gasteiger partial charge in [0, 0.05) is 5.92 Å². The second kappa shape index (κ2) is 5.71. The number of esters is 1. The van der Waals surface area contributed by atoms with Gasteiger partial charge in [-0.15, -0.1) is 0 Å². The summed E-state index contributed by atoms with van der Waals surface area (Å²) in [7, 11) is -2.75. The standard InChI is InChI=1S/C14H14F3NO5S/c1-22-13(19)11-9-6-23-24(20,21)12(9)10(18-11)7-2-4-8(5-3-7)14(15,16)17/h2-5,9-12,18H,6H2,1H3/t9-,10+,11+,12-/m1/s1. The fraction of sp³-hybridized carbons (Fsp3) is 0.500. The number of nitrogens with one attached hydrogen (secondary N) is 1. The van der Waals surface area contributed by atoms with Gasteiger partial charge in [0.05, 0.1) is 25.3 Å². The Bertz CT molecular complexity index is 747. The number of carbonyl (C=O) groups is 1. The summed E-state index contributed by atoms with van der Waals surface area (Å²) in [4.78, 5) is 11.8. The Morgan fingerprint density at radius 1 is 1.29 bits per heavy atom. The van der Waals surface area contributed by atoms with Crippen molar-refractivity contribution in [2.24, 2.45) is 5.92 Å². The average Bonchev–Trinajstić information content (AvgIpc) is 3.05. The zero-order valence-corrected chi connectivity index (χ0v) is 13.2. The van der Waals surface area contributed by atoms with Crippen molar-refractivity contribution in [3.63, 3.8) is 0 Å². The third-order valence-electron chi connectivity index (χ3n) is 4.35. The molecule has 0 aromatic heterocycles. The van der Waals surface area contributed by atoms with Crippen LogP contribution in [-0.2, 0) is 30.0 Å². The molecule has 24 heavy (non-hydrogen) atoms. The predicted octanol–water partition coefficient (Wildman–Crippen LogP) is 1.24. The summed E-state index contributed by atoms with van der Waals surface area (Å²) in [6.45, 7) is -0.170. The van der Waals surface area contributed by atoms with E-state index in [4.69, 9.17) is 4.18 Å². The van der Waals surface area contributed by atoms with E-state index in [9.17, 15) is 26.4 Å². The van der Waals surface area contributed by atoms with E-state index < -0.39 is 51.1 Å². The van der Waals surface area contributed by atoms with Crippen molar-refractivity contribution in [1.82, 2.24) is 5.32 Å². The minimum absolute atomic E-state index is 0.170. The maximum atomic E-state index is 12.7. The van der Waals surface area contributed by atoms with Gasteiger partial charge in [-0.3, -0.25) is 14.3 Å². The Balaban J connectivity index is 1.96. The highest BCUT2D eigenvalue weighted by atomic mass is 32.2. The Kier molecular flexibility index (Phi) is 4.09. The lowest BCUT2D eigenvalue weighted by Gasteiger charge is -2.18. The Labute approximate surface area is 136 Å². The molecule has 0 unspecified atom stereocenters. The second-order valence-electron chi connectivity index (χ2n) is 5.67. The van der Waals surface area contributed by atoms with Crippen molar-refractivity contribution in [1.29, 1.82) is 0 Å². The quantitative estimate of drug-likeness (QED) is 0.627. The molecule has 3 rings (SSSR count). The molecule has 2 aliphatic heterocycles. The first kappa shape index (κ1) is 17.2. The highest BCUT2D eigenvalue weighted by Gasteiger charge is 2.58. The lowest BCUT2D eigenvalue weighted by Crippen LogP contribution is -2.38. The van der Waals surface area contributed by atoms with Crippen LogP contribution in [-0.4, -0.2) is 39.4 Å². The summed E-state index contributed by atoms with van der Waals surface area (Å²) in [5.74, 6) is -1.30. The van der Waals surface area contributed by atoms with Gasteiger partial charge in [0.15, 0.2) is 0 Å². The largest absolute Gasteiger partial charge is 0.468 e. The van der Waals surface area contributed by atoms with E-state index in [1.165, 1.54) is 19.2 Å². The molecular weight excluding hydrogens is 351 g/mol. The summed E-state index contributed by atoms with van der Waals surface area (Å²) in [6.07, 6.45) is -4.48. The number of fused-ring (bicyclic) bond motifs is 1. The third kappa shape index (κ3) is 2.78.